The Morgan fingerprint density at radius 2 is 1.79 bits per heavy atom. The second-order valence-corrected chi connectivity index (χ2v) is 6.19. The monoisotopic (exact) mass is 289 g/mol. The lowest BCUT2D eigenvalue weighted by Gasteiger charge is -2.22. The van der Waals surface area contributed by atoms with Crippen molar-refractivity contribution in [3.8, 4) is 0 Å². The number of nitrogens with one attached hydrogen (secondary N) is 1. The van der Waals surface area contributed by atoms with Gasteiger partial charge in [0.25, 0.3) is 0 Å². The van der Waals surface area contributed by atoms with Crippen LogP contribution in [0.5, 0.6) is 0 Å². The normalized spacial score (nSPS) is 17.7. The van der Waals surface area contributed by atoms with Crippen molar-refractivity contribution in [1.29, 1.82) is 0 Å². The Labute approximate surface area is 109 Å². The predicted octanol–water partition coefficient (Wildman–Crippen LogP) is 1.75. The molecule has 19 heavy (non-hydrogen) atoms. The van der Waals surface area contributed by atoms with E-state index in [1.165, 1.54) is 0 Å². The summed E-state index contributed by atoms with van der Waals surface area (Å²) in [5.41, 5.74) is 0. The molecule has 0 saturated heterocycles. The van der Waals surface area contributed by atoms with Crippen molar-refractivity contribution in [2.45, 2.75) is 36.6 Å². The van der Waals surface area contributed by atoms with Crippen molar-refractivity contribution >= 4 is 15.8 Å². The van der Waals surface area contributed by atoms with E-state index in [4.69, 9.17) is 0 Å². The zero-order valence-electron chi connectivity index (χ0n) is 10.0. The van der Waals surface area contributed by atoms with Gasteiger partial charge in [-0.1, -0.05) is 0 Å². The number of Topliss-reactive ketones (excluding diaryl/α,β-unsaturated/α-hetero) is 1. The number of sulfonamides is 1. The van der Waals surface area contributed by atoms with Gasteiger partial charge in [-0.3, -0.25) is 4.79 Å². The van der Waals surface area contributed by atoms with Crippen LogP contribution in [-0.4, -0.2) is 20.2 Å². The molecule has 1 N–H and O–H groups in total. The Morgan fingerprint density at radius 3 is 2.42 bits per heavy atom. The summed E-state index contributed by atoms with van der Waals surface area (Å²) in [6, 6.07) is 1.86. The van der Waals surface area contributed by atoms with Crippen molar-refractivity contribution in [2.75, 3.05) is 0 Å². The number of benzene rings is 1. The molecule has 104 valence electrons. The molecule has 0 heterocycles. The molecule has 1 saturated carbocycles. The number of carbonyl (C=O) groups excluding carboxylic acids is 1. The Kier molecular flexibility index (Phi) is 3.96. The van der Waals surface area contributed by atoms with Crippen molar-refractivity contribution in [1.82, 2.24) is 4.72 Å². The summed E-state index contributed by atoms with van der Waals surface area (Å²) in [6.07, 6.45) is 1.38. The Morgan fingerprint density at radius 1 is 1.16 bits per heavy atom. The molecule has 1 aliphatic rings. The third kappa shape index (κ3) is 3.36. The van der Waals surface area contributed by atoms with Gasteiger partial charge < -0.3 is 0 Å². The molecular formula is C12H13F2NO3S. The summed E-state index contributed by atoms with van der Waals surface area (Å²) in [5, 5.41) is 0. The van der Waals surface area contributed by atoms with Crippen LogP contribution in [0, 0.1) is 11.6 Å². The van der Waals surface area contributed by atoms with Crippen LogP contribution in [0.3, 0.4) is 0 Å². The standard InChI is InChI=1S/C12H13F2NO3S/c13-8-1-6-11(14)12(7-8)19(17,18)15-9-2-4-10(16)5-3-9/h1,6-7,9,15H,2-5H2. The summed E-state index contributed by atoms with van der Waals surface area (Å²) in [4.78, 5) is 10.4. The number of carbonyl (C=O) groups is 1. The second-order valence-electron chi connectivity index (χ2n) is 4.51. The fourth-order valence-corrected chi connectivity index (χ4v) is 3.42. The molecule has 0 amide bonds. The number of rotatable bonds is 3. The van der Waals surface area contributed by atoms with Gasteiger partial charge in [-0.15, -0.1) is 0 Å². The van der Waals surface area contributed by atoms with E-state index >= 15 is 0 Å². The number of hydrogen-bond acceptors (Lipinski definition) is 3. The molecule has 0 unspecified atom stereocenters. The maximum atomic E-state index is 13.4. The molecule has 1 aromatic carbocycles. The zero-order chi connectivity index (χ0) is 14.0. The van der Waals surface area contributed by atoms with Crippen LogP contribution in [-0.2, 0) is 14.8 Å². The summed E-state index contributed by atoms with van der Waals surface area (Å²) in [6.45, 7) is 0. The summed E-state index contributed by atoms with van der Waals surface area (Å²) in [7, 11) is -4.11. The second kappa shape index (κ2) is 5.34. The zero-order valence-corrected chi connectivity index (χ0v) is 10.8. The van der Waals surface area contributed by atoms with Gasteiger partial charge in [0.15, 0.2) is 0 Å². The molecular weight excluding hydrogens is 276 g/mol. The molecule has 1 aromatic rings. The summed E-state index contributed by atoms with van der Waals surface area (Å²) < 4.78 is 52.7. The van der Waals surface area contributed by atoms with Crippen LogP contribution >= 0.6 is 0 Å². The van der Waals surface area contributed by atoms with Gasteiger partial charge in [0.05, 0.1) is 0 Å². The van der Waals surface area contributed by atoms with Crippen LogP contribution in [0.25, 0.3) is 0 Å². The maximum absolute atomic E-state index is 13.4. The van der Waals surface area contributed by atoms with E-state index < -0.39 is 32.6 Å². The number of ketones is 1. The average molecular weight is 289 g/mol. The topological polar surface area (TPSA) is 63.2 Å². The van der Waals surface area contributed by atoms with E-state index in [2.05, 4.69) is 4.72 Å². The smallest absolute Gasteiger partial charge is 0.243 e. The van der Waals surface area contributed by atoms with Gasteiger partial charge in [0.1, 0.15) is 22.3 Å². The lowest BCUT2D eigenvalue weighted by Crippen LogP contribution is -2.38. The van der Waals surface area contributed by atoms with Crippen LogP contribution in [0.15, 0.2) is 23.1 Å². The molecule has 0 radical (unpaired) electrons. The Balaban J connectivity index is 2.18. The largest absolute Gasteiger partial charge is 0.300 e. The molecule has 2 rings (SSSR count). The molecule has 0 aromatic heterocycles. The first-order valence-electron chi connectivity index (χ1n) is 5.87. The third-order valence-corrected chi connectivity index (χ3v) is 4.58. The highest BCUT2D eigenvalue weighted by molar-refractivity contribution is 7.89. The van der Waals surface area contributed by atoms with Crippen LogP contribution < -0.4 is 4.72 Å². The molecule has 1 fully saturated rings. The highest BCUT2D eigenvalue weighted by atomic mass is 32.2. The van der Waals surface area contributed by atoms with E-state index in [0.717, 1.165) is 12.1 Å². The van der Waals surface area contributed by atoms with Gasteiger partial charge in [-0.2, -0.15) is 0 Å². The first-order valence-corrected chi connectivity index (χ1v) is 7.36. The van der Waals surface area contributed by atoms with Crippen LogP contribution in [0.1, 0.15) is 25.7 Å². The minimum Gasteiger partial charge on any atom is -0.300 e. The summed E-state index contributed by atoms with van der Waals surface area (Å²) in [5.74, 6) is -1.73. The average Bonchev–Trinajstić information content (AvgIpc) is 2.35. The van der Waals surface area contributed by atoms with Gasteiger partial charge in [0, 0.05) is 18.9 Å². The fourth-order valence-electron chi connectivity index (χ4n) is 2.02. The number of halogens is 2. The van der Waals surface area contributed by atoms with E-state index in [1.54, 1.807) is 0 Å². The first-order chi connectivity index (χ1) is 8.88. The van der Waals surface area contributed by atoms with Crippen molar-refractivity contribution in [2.24, 2.45) is 0 Å². The first kappa shape index (κ1) is 14.1. The van der Waals surface area contributed by atoms with Gasteiger partial charge >= 0.3 is 0 Å². The van der Waals surface area contributed by atoms with Gasteiger partial charge in [-0.05, 0) is 31.0 Å². The molecule has 0 atom stereocenters. The van der Waals surface area contributed by atoms with E-state index in [-0.39, 0.29) is 5.78 Å². The Bertz CT molecular complexity index is 591. The third-order valence-electron chi connectivity index (χ3n) is 3.05. The van der Waals surface area contributed by atoms with E-state index in [9.17, 15) is 22.0 Å². The molecule has 0 spiro atoms. The van der Waals surface area contributed by atoms with E-state index in [1.807, 2.05) is 0 Å². The minimum absolute atomic E-state index is 0.0902. The number of hydrogen-bond donors (Lipinski definition) is 1. The van der Waals surface area contributed by atoms with E-state index in [0.29, 0.717) is 31.7 Å². The van der Waals surface area contributed by atoms with Crippen molar-refractivity contribution in [3.05, 3.63) is 29.8 Å². The lowest BCUT2D eigenvalue weighted by molar-refractivity contribution is -0.120. The lowest BCUT2D eigenvalue weighted by atomic mass is 9.95. The highest BCUT2D eigenvalue weighted by Gasteiger charge is 2.26. The SMILES string of the molecule is O=C1CCC(NS(=O)(=O)c2cc(F)ccc2F)CC1. The molecule has 1 aliphatic carbocycles. The van der Waals surface area contributed by atoms with Crippen LogP contribution in [0.2, 0.25) is 0 Å². The maximum Gasteiger partial charge on any atom is 0.243 e. The molecule has 0 aliphatic heterocycles. The quantitative estimate of drug-likeness (QED) is 0.922. The van der Waals surface area contributed by atoms with Crippen molar-refractivity contribution < 1.29 is 22.0 Å². The Hall–Kier alpha value is -1.34. The van der Waals surface area contributed by atoms with Gasteiger partial charge in [-0.25, -0.2) is 21.9 Å². The highest BCUT2D eigenvalue weighted by Crippen LogP contribution is 2.20. The molecule has 4 nitrogen and oxygen atoms in total. The minimum atomic E-state index is -4.11. The fraction of sp³-hybridized carbons (Fsp3) is 0.417. The van der Waals surface area contributed by atoms with Crippen molar-refractivity contribution in [3.63, 3.8) is 0 Å². The predicted molar refractivity (Wildman–Crippen MR) is 63.9 cm³/mol. The van der Waals surface area contributed by atoms with Gasteiger partial charge in [0.2, 0.25) is 10.0 Å². The molecule has 7 heteroatoms. The molecule has 0 bridgehead atoms. The van der Waals surface area contributed by atoms with Crippen LogP contribution in [0.4, 0.5) is 8.78 Å². The summed E-state index contributed by atoms with van der Waals surface area (Å²) >= 11 is 0.